The molecule has 1 fully saturated rings. The average Bonchev–Trinajstić information content (AvgIpc) is 3.07. The normalized spacial score (nSPS) is 19.7. The summed E-state index contributed by atoms with van der Waals surface area (Å²) in [5.74, 6) is -0.328. The van der Waals surface area contributed by atoms with Gasteiger partial charge in [0, 0.05) is 43.5 Å². The summed E-state index contributed by atoms with van der Waals surface area (Å²) in [4.78, 5) is 31.2. The van der Waals surface area contributed by atoms with Gasteiger partial charge in [-0.05, 0) is 32.4 Å². The number of carbonyl (C=O) groups is 2. The van der Waals surface area contributed by atoms with E-state index in [-0.39, 0.29) is 37.0 Å². The number of rotatable bonds is 7. The maximum Gasteiger partial charge on any atom is 0.251 e. The molecule has 1 saturated heterocycles. The van der Waals surface area contributed by atoms with Crippen LogP contribution < -0.4 is 10.6 Å². The summed E-state index contributed by atoms with van der Waals surface area (Å²) in [6, 6.07) is 7.38. The molecule has 0 aliphatic carbocycles. The Morgan fingerprint density at radius 2 is 1.97 bits per heavy atom. The lowest BCUT2D eigenvalue weighted by Crippen LogP contribution is -2.44. The standard InChI is InChI=1S/C21H28N4O3S/c1-14-6-4-5-7-18(14)20(27)22-9-8-19(26)24-21-23-17(13-29-21)12-25-10-15(2)28-16(3)11-25/h4-7,13,15-16H,8-12H2,1-3H3,(H,22,27)(H,23,24,26). The Kier molecular flexibility index (Phi) is 7.35. The van der Waals surface area contributed by atoms with Gasteiger partial charge in [0.1, 0.15) is 0 Å². The number of nitrogens with zero attached hydrogens (tertiary/aromatic N) is 2. The third kappa shape index (κ3) is 6.35. The van der Waals surface area contributed by atoms with Crippen LogP contribution >= 0.6 is 11.3 Å². The molecule has 1 aliphatic heterocycles. The van der Waals surface area contributed by atoms with Gasteiger partial charge in [0.2, 0.25) is 5.91 Å². The number of morpholine rings is 1. The summed E-state index contributed by atoms with van der Waals surface area (Å²) in [5.41, 5.74) is 2.48. The van der Waals surface area contributed by atoms with Gasteiger partial charge in [0.15, 0.2) is 5.13 Å². The number of nitrogens with one attached hydrogen (secondary N) is 2. The van der Waals surface area contributed by atoms with Crippen LogP contribution in [0.1, 0.15) is 41.9 Å². The Labute approximate surface area is 175 Å². The number of thiazole rings is 1. The Balaban J connectivity index is 1.42. The molecule has 0 radical (unpaired) electrons. The Morgan fingerprint density at radius 3 is 2.69 bits per heavy atom. The maximum absolute atomic E-state index is 12.2. The van der Waals surface area contributed by atoms with Gasteiger partial charge in [-0.15, -0.1) is 11.3 Å². The summed E-state index contributed by atoms with van der Waals surface area (Å²) >= 11 is 1.42. The summed E-state index contributed by atoms with van der Waals surface area (Å²) in [7, 11) is 0. The van der Waals surface area contributed by atoms with Gasteiger partial charge >= 0.3 is 0 Å². The largest absolute Gasteiger partial charge is 0.373 e. The first-order valence-electron chi connectivity index (χ1n) is 9.86. The van der Waals surface area contributed by atoms with Crippen molar-refractivity contribution in [1.82, 2.24) is 15.2 Å². The van der Waals surface area contributed by atoms with E-state index in [1.54, 1.807) is 6.07 Å². The molecule has 2 aromatic rings. The van der Waals surface area contributed by atoms with Crippen molar-refractivity contribution in [3.63, 3.8) is 0 Å². The van der Waals surface area contributed by atoms with E-state index in [1.165, 1.54) is 11.3 Å². The number of hydrogen-bond donors (Lipinski definition) is 2. The second-order valence-electron chi connectivity index (χ2n) is 7.46. The van der Waals surface area contributed by atoms with E-state index in [2.05, 4.69) is 34.4 Å². The Hall–Kier alpha value is -2.29. The van der Waals surface area contributed by atoms with Gasteiger partial charge in [0.25, 0.3) is 5.91 Å². The smallest absolute Gasteiger partial charge is 0.251 e. The van der Waals surface area contributed by atoms with Crippen molar-refractivity contribution in [3.05, 3.63) is 46.5 Å². The summed E-state index contributed by atoms with van der Waals surface area (Å²) < 4.78 is 5.75. The van der Waals surface area contributed by atoms with Crippen LogP contribution in [0.3, 0.4) is 0 Å². The number of benzene rings is 1. The predicted molar refractivity (Wildman–Crippen MR) is 114 cm³/mol. The van der Waals surface area contributed by atoms with Crippen LogP contribution in [0.2, 0.25) is 0 Å². The summed E-state index contributed by atoms with van der Waals surface area (Å²) in [6.07, 6.45) is 0.628. The molecule has 8 heteroatoms. The zero-order valence-corrected chi connectivity index (χ0v) is 17.9. The van der Waals surface area contributed by atoms with Crippen LogP contribution in [-0.4, -0.2) is 53.5 Å². The number of hydrogen-bond acceptors (Lipinski definition) is 6. The second kappa shape index (κ2) is 9.96. The van der Waals surface area contributed by atoms with Gasteiger partial charge in [-0.1, -0.05) is 18.2 Å². The molecule has 1 aromatic carbocycles. The topological polar surface area (TPSA) is 83.6 Å². The van der Waals surface area contributed by atoms with Crippen LogP contribution in [0, 0.1) is 6.92 Å². The fraction of sp³-hybridized carbons (Fsp3) is 0.476. The predicted octanol–water partition coefficient (Wildman–Crippen LogP) is 2.82. The number of ether oxygens (including phenoxy) is 1. The fourth-order valence-electron chi connectivity index (χ4n) is 3.47. The summed E-state index contributed by atoms with van der Waals surface area (Å²) in [6.45, 7) is 8.83. The van der Waals surface area contributed by atoms with E-state index in [9.17, 15) is 9.59 Å². The van der Waals surface area contributed by atoms with Crippen molar-refractivity contribution < 1.29 is 14.3 Å². The number of anilines is 1. The molecule has 7 nitrogen and oxygen atoms in total. The highest BCUT2D eigenvalue weighted by Gasteiger charge is 2.22. The first-order valence-corrected chi connectivity index (χ1v) is 10.7. The van der Waals surface area contributed by atoms with E-state index in [4.69, 9.17) is 4.74 Å². The minimum Gasteiger partial charge on any atom is -0.373 e. The molecule has 1 aromatic heterocycles. The SMILES string of the molecule is Cc1ccccc1C(=O)NCCC(=O)Nc1nc(CN2CC(C)OC(C)C2)cs1. The van der Waals surface area contributed by atoms with Crippen molar-refractivity contribution in [2.45, 2.75) is 45.9 Å². The highest BCUT2D eigenvalue weighted by atomic mass is 32.1. The monoisotopic (exact) mass is 416 g/mol. The molecular weight excluding hydrogens is 388 g/mol. The lowest BCUT2D eigenvalue weighted by Gasteiger charge is -2.34. The lowest BCUT2D eigenvalue weighted by molar-refractivity contribution is -0.116. The van der Waals surface area contributed by atoms with E-state index in [1.807, 2.05) is 30.5 Å². The van der Waals surface area contributed by atoms with E-state index in [0.717, 1.165) is 30.9 Å². The molecule has 156 valence electrons. The average molecular weight is 417 g/mol. The molecule has 2 unspecified atom stereocenters. The molecule has 3 rings (SSSR count). The quantitative estimate of drug-likeness (QED) is 0.725. The Morgan fingerprint density at radius 1 is 1.24 bits per heavy atom. The molecule has 2 amide bonds. The van der Waals surface area contributed by atoms with Crippen LogP contribution in [0.4, 0.5) is 5.13 Å². The van der Waals surface area contributed by atoms with Crippen molar-refractivity contribution in [2.75, 3.05) is 25.0 Å². The van der Waals surface area contributed by atoms with Gasteiger partial charge in [-0.25, -0.2) is 4.98 Å². The number of amides is 2. The third-order valence-corrected chi connectivity index (χ3v) is 5.51. The molecule has 29 heavy (non-hydrogen) atoms. The molecule has 0 saturated carbocycles. The molecular formula is C21H28N4O3S. The minimum absolute atomic E-state index is 0.162. The minimum atomic E-state index is -0.165. The molecule has 0 bridgehead atoms. The number of aromatic nitrogens is 1. The van der Waals surface area contributed by atoms with Gasteiger partial charge in [-0.2, -0.15) is 0 Å². The molecule has 2 heterocycles. The van der Waals surface area contributed by atoms with Crippen molar-refractivity contribution in [3.8, 4) is 0 Å². The van der Waals surface area contributed by atoms with Crippen molar-refractivity contribution >= 4 is 28.3 Å². The first kappa shape index (κ1) is 21.4. The molecule has 2 N–H and O–H groups in total. The van der Waals surface area contributed by atoms with Crippen LogP contribution in [0.25, 0.3) is 0 Å². The van der Waals surface area contributed by atoms with Gasteiger partial charge < -0.3 is 15.4 Å². The van der Waals surface area contributed by atoms with Crippen LogP contribution in [-0.2, 0) is 16.1 Å². The Bertz CT molecular complexity index is 844. The number of carbonyl (C=O) groups excluding carboxylic acids is 2. The van der Waals surface area contributed by atoms with Crippen LogP contribution in [0.15, 0.2) is 29.6 Å². The van der Waals surface area contributed by atoms with E-state index >= 15 is 0 Å². The van der Waals surface area contributed by atoms with Crippen molar-refractivity contribution in [2.24, 2.45) is 0 Å². The fourth-order valence-corrected chi connectivity index (χ4v) is 4.19. The molecule has 0 spiro atoms. The maximum atomic E-state index is 12.2. The number of aryl methyl sites for hydroxylation is 1. The van der Waals surface area contributed by atoms with E-state index < -0.39 is 0 Å². The zero-order valence-electron chi connectivity index (χ0n) is 17.1. The lowest BCUT2D eigenvalue weighted by atomic mass is 10.1. The second-order valence-corrected chi connectivity index (χ2v) is 8.32. The van der Waals surface area contributed by atoms with Crippen LogP contribution in [0.5, 0.6) is 0 Å². The summed E-state index contributed by atoms with van der Waals surface area (Å²) in [5, 5.41) is 8.16. The highest BCUT2D eigenvalue weighted by Crippen LogP contribution is 2.19. The van der Waals surface area contributed by atoms with Crippen molar-refractivity contribution in [1.29, 1.82) is 0 Å². The van der Waals surface area contributed by atoms with E-state index in [0.29, 0.717) is 10.7 Å². The molecule has 1 aliphatic rings. The third-order valence-electron chi connectivity index (χ3n) is 4.71. The molecule has 2 atom stereocenters. The van der Waals surface area contributed by atoms with Gasteiger partial charge in [-0.3, -0.25) is 14.5 Å². The van der Waals surface area contributed by atoms with Gasteiger partial charge in [0.05, 0.1) is 17.9 Å². The first-order chi connectivity index (χ1) is 13.9. The zero-order chi connectivity index (χ0) is 20.8. The highest BCUT2D eigenvalue weighted by molar-refractivity contribution is 7.13.